The molecule has 5 nitrogen and oxygen atoms in total. The molecular weight excluding hydrogens is 334 g/mol. The number of piperidine rings is 1. The van der Waals surface area contributed by atoms with E-state index >= 15 is 0 Å². The number of amides is 2. The monoisotopic (exact) mass is 363 g/mol. The molecule has 1 aliphatic heterocycles. The van der Waals surface area contributed by atoms with Crippen LogP contribution in [0.25, 0.3) is 0 Å². The topological polar surface area (TPSA) is 61.4 Å². The number of carbonyl (C=O) groups is 2. The van der Waals surface area contributed by atoms with Crippen LogP contribution in [0.15, 0.2) is 29.2 Å². The minimum atomic E-state index is 0.0877. The minimum Gasteiger partial charge on any atom is -0.355 e. The molecule has 0 unspecified atom stereocenters. The SMILES string of the molecule is CCCNC(=O)CN1CCC(NC(=O)CSc2ccc(C)cc2)CC1. The summed E-state index contributed by atoms with van der Waals surface area (Å²) in [5.41, 5.74) is 1.23. The molecule has 6 heteroatoms. The summed E-state index contributed by atoms with van der Waals surface area (Å²) in [5.74, 6) is 0.631. The summed E-state index contributed by atoms with van der Waals surface area (Å²) >= 11 is 1.57. The molecule has 1 aromatic rings. The summed E-state index contributed by atoms with van der Waals surface area (Å²) in [6.45, 7) is 7.02. The molecule has 1 heterocycles. The fourth-order valence-corrected chi connectivity index (χ4v) is 3.52. The predicted molar refractivity (Wildman–Crippen MR) is 103 cm³/mol. The van der Waals surface area contributed by atoms with Gasteiger partial charge in [-0.1, -0.05) is 24.6 Å². The van der Waals surface area contributed by atoms with E-state index in [2.05, 4.69) is 46.7 Å². The first-order valence-electron chi connectivity index (χ1n) is 9.04. The zero-order chi connectivity index (χ0) is 18.1. The number of benzene rings is 1. The van der Waals surface area contributed by atoms with Crippen molar-refractivity contribution in [3.05, 3.63) is 29.8 Å². The van der Waals surface area contributed by atoms with Gasteiger partial charge in [-0.05, 0) is 38.3 Å². The van der Waals surface area contributed by atoms with E-state index in [1.807, 2.05) is 6.92 Å². The van der Waals surface area contributed by atoms with Crippen molar-refractivity contribution in [2.75, 3.05) is 31.9 Å². The highest BCUT2D eigenvalue weighted by Gasteiger charge is 2.21. The Labute approximate surface area is 154 Å². The lowest BCUT2D eigenvalue weighted by molar-refractivity contribution is -0.123. The number of aryl methyl sites for hydroxylation is 1. The molecule has 2 amide bonds. The van der Waals surface area contributed by atoms with Gasteiger partial charge in [-0.3, -0.25) is 14.5 Å². The highest BCUT2D eigenvalue weighted by atomic mass is 32.2. The fraction of sp³-hybridized carbons (Fsp3) is 0.579. The van der Waals surface area contributed by atoms with E-state index < -0.39 is 0 Å². The Morgan fingerprint density at radius 3 is 2.48 bits per heavy atom. The molecule has 0 radical (unpaired) electrons. The first kappa shape index (κ1) is 19.8. The molecule has 1 aromatic carbocycles. The smallest absolute Gasteiger partial charge is 0.234 e. The molecule has 25 heavy (non-hydrogen) atoms. The third-order valence-corrected chi connectivity index (χ3v) is 5.30. The van der Waals surface area contributed by atoms with Crippen molar-refractivity contribution in [3.8, 4) is 0 Å². The third kappa shape index (κ3) is 7.48. The summed E-state index contributed by atoms with van der Waals surface area (Å²) in [6.07, 6.45) is 2.77. The van der Waals surface area contributed by atoms with E-state index in [1.165, 1.54) is 5.56 Å². The van der Waals surface area contributed by atoms with Gasteiger partial charge in [0.1, 0.15) is 0 Å². The molecule has 2 N–H and O–H groups in total. The van der Waals surface area contributed by atoms with Gasteiger partial charge < -0.3 is 10.6 Å². The van der Waals surface area contributed by atoms with Crippen molar-refractivity contribution >= 4 is 23.6 Å². The molecule has 2 rings (SSSR count). The van der Waals surface area contributed by atoms with Gasteiger partial charge in [-0.25, -0.2) is 0 Å². The molecule has 0 saturated carbocycles. The van der Waals surface area contributed by atoms with E-state index in [-0.39, 0.29) is 17.9 Å². The zero-order valence-electron chi connectivity index (χ0n) is 15.2. The summed E-state index contributed by atoms with van der Waals surface area (Å²) in [4.78, 5) is 27.1. The third-order valence-electron chi connectivity index (χ3n) is 4.28. The molecule has 1 saturated heterocycles. The molecule has 0 aliphatic carbocycles. The van der Waals surface area contributed by atoms with Crippen LogP contribution in [-0.4, -0.2) is 54.7 Å². The normalized spacial score (nSPS) is 15.8. The van der Waals surface area contributed by atoms with Crippen molar-refractivity contribution < 1.29 is 9.59 Å². The standard InChI is InChI=1S/C19H29N3O2S/c1-3-10-20-18(23)13-22-11-8-16(9-12-22)21-19(24)14-25-17-6-4-15(2)5-7-17/h4-7,16H,3,8-14H2,1-2H3,(H,20,23)(H,21,24). The average molecular weight is 364 g/mol. The number of rotatable bonds is 8. The Morgan fingerprint density at radius 2 is 1.84 bits per heavy atom. The number of nitrogens with one attached hydrogen (secondary N) is 2. The van der Waals surface area contributed by atoms with Crippen molar-refractivity contribution in [1.82, 2.24) is 15.5 Å². The molecule has 1 fully saturated rings. The largest absolute Gasteiger partial charge is 0.355 e. The zero-order valence-corrected chi connectivity index (χ0v) is 16.0. The second kappa shape index (κ2) is 10.5. The van der Waals surface area contributed by atoms with E-state index in [9.17, 15) is 9.59 Å². The van der Waals surface area contributed by atoms with Crippen LogP contribution < -0.4 is 10.6 Å². The van der Waals surface area contributed by atoms with Gasteiger partial charge in [0.25, 0.3) is 0 Å². The van der Waals surface area contributed by atoms with Crippen molar-refractivity contribution in [2.24, 2.45) is 0 Å². The Morgan fingerprint density at radius 1 is 1.16 bits per heavy atom. The second-order valence-electron chi connectivity index (χ2n) is 6.57. The quantitative estimate of drug-likeness (QED) is 0.695. The van der Waals surface area contributed by atoms with Gasteiger partial charge in [-0.15, -0.1) is 11.8 Å². The van der Waals surface area contributed by atoms with E-state index in [4.69, 9.17) is 0 Å². The number of thioether (sulfide) groups is 1. The molecule has 0 bridgehead atoms. The second-order valence-corrected chi connectivity index (χ2v) is 7.62. The van der Waals surface area contributed by atoms with Crippen LogP contribution in [0.2, 0.25) is 0 Å². The maximum Gasteiger partial charge on any atom is 0.234 e. The van der Waals surface area contributed by atoms with Crippen molar-refractivity contribution in [2.45, 2.75) is 44.0 Å². The Kier molecular flexibility index (Phi) is 8.28. The van der Waals surface area contributed by atoms with Crippen molar-refractivity contribution in [3.63, 3.8) is 0 Å². The highest BCUT2D eigenvalue weighted by Crippen LogP contribution is 2.18. The average Bonchev–Trinajstić information content (AvgIpc) is 2.61. The van der Waals surface area contributed by atoms with E-state index in [1.54, 1.807) is 11.8 Å². The number of nitrogens with zero attached hydrogens (tertiary/aromatic N) is 1. The lowest BCUT2D eigenvalue weighted by Gasteiger charge is -2.31. The molecule has 0 atom stereocenters. The number of hydrogen-bond acceptors (Lipinski definition) is 4. The van der Waals surface area contributed by atoms with Gasteiger partial charge in [0, 0.05) is 30.6 Å². The Hall–Kier alpha value is -1.53. The molecule has 0 spiro atoms. The first-order chi connectivity index (χ1) is 12.1. The van der Waals surface area contributed by atoms with Crippen LogP contribution in [-0.2, 0) is 9.59 Å². The summed E-state index contributed by atoms with van der Waals surface area (Å²) in [6, 6.07) is 8.45. The van der Waals surface area contributed by atoms with Gasteiger partial charge in [0.2, 0.25) is 11.8 Å². The fourth-order valence-electron chi connectivity index (χ4n) is 2.81. The number of likely N-dealkylation sites (tertiary alicyclic amines) is 1. The van der Waals surface area contributed by atoms with Crippen LogP contribution >= 0.6 is 11.8 Å². The van der Waals surface area contributed by atoms with Crippen LogP contribution in [0.4, 0.5) is 0 Å². The van der Waals surface area contributed by atoms with E-state index in [0.29, 0.717) is 12.3 Å². The van der Waals surface area contributed by atoms with Crippen molar-refractivity contribution in [1.29, 1.82) is 0 Å². The lowest BCUT2D eigenvalue weighted by Crippen LogP contribution is -2.47. The molecular formula is C19H29N3O2S. The summed E-state index contributed by atoms with van der Waals surface area (Å²) in [7, 11) is 0. The number of hydrogen-bond donors (Lipinski definition) is 2. The Balaban J connectivity index is 1.63. The lowest BCUT2D eigenvalue weighted by atomic mass is 10.1. The summed E-state index contributed by atoms with van der Waals surface area (Å²) in [5, 5.41) is 6.03. The van der Waals surface area contributed by atoms with Gasteiger partial charge in [0.05, 0.1) is 12.3 Å². The Bertz CT molecular complexity index is 554. The van der Waals surface area contributed by atoms with E-state index in [0.717, 1.165) is 43.8 Å². The predicted octanol–water partition coefficient (Wildman–Crippen LogP) is 2.19. The van der Waals surface area contributed by atoms with Crippen LogP contribution in [0.5, 0.6) is 0 Å². The van der Waals surface area contributed by atoms with Crippen LogP contribution in [0.1, 0.15) is 31.7 Å². The summed E-state index contributed by atoms with van der Waals surface area (Å²) < 4.78 is 0. The number of carbonyl (C=O) groups excluding carboxylic acids is 2. The van der Waals surface area contributed by atoms with Gasteiger partial charge in [0.15, 0.2) is 0 Å². The molecule has 1 aliphatic rings. The maximum absolute atomic E-state index is 12.1. The van der Waals surface area contributed by atoms with Gasteiger partial charge in [-0.2, -0.15) is 0 Å². The maximum atomic E-state index is 12.1. The van der Waals surface area contributed by atoms with Gasteiger partial charge >= 0.3 is 0 Å². The first-order valence-corrected chi connectivity index (χ1v) is 10.0. The van der Waals surface area contributed by atoms with Crippen LogP contribution in [0, 0.1) is 6.92 Å². The highest BCUT2D eigenvalue weighted by molar-refractivity contribution is 8.00. The van der Waals surface area contributed by atoms with Crippen LogP contribution in [0.3, 0.4) is 0 Å². The minimum absolute atomic E-state index is 0.0877. The molecule has 138 valence electrons. The molecule has 0 aromatic heterocycles.